The van der Waals surface area contributed by atoms with Gasteiger partial charge in [-0.15, -0.1) is 0 Å². The van der Waals surface area contributed by atoms with Gasteiger partial charge in [0.25, 0.3) is 0 Å². The maximum absolute atomic E-state index is 12.9. The molecule has 0 unspecified atom stereocenters. The number of likely N-dealkylation sites (tertiary alicyclic amines) is 1. The minimum absolute atomic E-state index is 0.00889. The molecular formula is C21H23Br2FN2O3. The summed E-state index contributed by atoms with van der Waals surface area (Å²) in [6.07, 6.45) is 3.43. The first kappa shape index (κ1) is 21.0. The third-order valence-electron chi connectivity index (χ3n) is 6.49. The molecule has 2 bridgehead atoms. The predicted molar refractivity (Wildman–Crippen MR) is 114 cm³/mol. The molecule has 0 radical (unpaired) electrons. The van der Waals surface area contributed by atoms with E-state index in [2.05, 4.69) is 37.2 Å². The number of nitrogens with zero attached hydrogens (tertiary/aromatic N) is 1. The highest BCUT2D eigenvalue weighted by Gasteiger charge is 2.66. The molecule has 1 aliphatic heterocycles. The van der Waals surface area contributed by atoms with Crippen LogP contribution in [0.3, 0.4) is 0 Å². The Bertz CT molecular complexity index is 787. The molecule has 2 aliphatic carbocycles. The number of alkyl halides is 2. The molecule has 3 aliphatic rings. The molecule has 2 saturated carbocycles. The van der Waals surface area contributed by atoms with Crippen LogP contribution in [-0.2, 0) is 14.4 Å². The summed E-state index contributed by atoms with van der Waals surface area (Å²) in [6.45, 7) is 0.434. The number of carbonyl (C=O) groups excluding carboxylic acids is 3. The van der Waals surface area contributed by atoms with Gasteiger partial charge in [-0.3, -0.25) is 19.3 Å². The largest absolute Gasteiger partial charge is 0.326 e. The second-order valence-corrected chi connectivity index (χ2v) is 10.3. The van der Waals surface area contributed by atoms with Crippen LogP contribution in [-0.4, -0.2) is 38.8 Å². The summed E-state index contributed by atoms with van der Waals surface area (Å²) in [7, 11) is 0. The number of carbonyl (C=O) groups is 3. The molecule has 3 amide bonds. The summed E-state index contributed by atoms with van der Waals surface area (Å²) in [5.41, 5.74) is 0.570. The van der Waals surface area contributed by atoms with E-state index in [0.717, 1.165) is 12.8 Å². The zero-order valence-electron chi connectivity index (χ0n) is 15.8. The molecule has 29 heavy (non-hydrogen) atoms. The number of anilines is 1. The lowest BCUT2D eigenvalue weighted by molar-refractivity contribution is -0.140. The van der Waals surface area contributed by atoms with E-state index in [9.17, 15) is 18.8 Å². The first-order chi connectivity index (χ1) is 13.9. The van der Waals surface area contributed by atoms with Crippen molar-refractivity contribution in [1.29, 1.82) is 0 Å². The quantitative estimate of drug-likeness (QED) is 0.328. The van der Waals surface area contributed by atoms with E-state index in [1.54, 1.807) is 0 Å². The number of amides is 3. The molecule has 1 aromatic rings. The molecule has 1 aromatic carbocycles. The van der Waals surface area contributed by atoms with Gasteiger partial charge in [-0.25, -0.2) is 4.39 Å². The van der Waals surface area contributed by atoms with Crippen molar-refractivity contribution in [3.8, 4) is 0 Å². The third-order valence-corrected chi connectivity index (χ3v) is 9.70. The highest BCUT2D eigenvalue weighted by Crippen LogP contribution is 2.60. The van der Waals surface area contributed by atoms with Crippen LogP contribution in [0.25, 0.3) is 0 Å². The van der Waals surface area contributed by atoms with Gasteiger partial charge in [-0.2, -0.15) is 0 Å². The molecule has 5 nitrogen and oxygen atoms in total. The third kappa shape index (κ3) is 3.90. The number of halogens is 3. The van der Waals surface area contributed by atoms with Crippen molar-refractivity contribution in [2.75, 3.05) is 11.9 Å². The Kier molecular flexibility index (Phi) is 6.11. The monoisotopic (exact) mass is 528 g/mol. The summed E-state index contributed by atoms with van der Waals surface area (Å²) in [5.74, 6) is -0.320. The molecule has 0 aromatic heterocycles. The zero-order chi connectivity index (χ0) is 20.7. The molecule has 0 spiro atoms. The van der Waals surface area contributed by atoms with Gasteiger partial charge in [0.1, 0.15) is 5.82 Å². The van der Waals surface area contributed by atoms with Crippen LogP contribution >= 0.6 is 31.9 Å². The lowest BCUT2D eigenvalue weighted by Crippen LogP contribution is -2.37. The number of benzene rings is 1. The second kappa shape index (κ2) is 8.46. The highest BCUT2D eigenvalue weighted by atomic mass is 79.9. The van der Waals surface area contributed by atoms with Crippen LogP contribution in [0.2, 0.25) is 0 Å². The van der Waals surface area contributed by atoms with Crippen LogP contribution in [0.1, 0.15) is 32.1 Å². The number of rotatable bonds is 7. The smallest absolute Gasteiger partial charge is 0.233 e. The minimum atomic E-state index is -0.343. The van der Waals surface area contributed by atoms with Crippen LogP contribution < -0.4 is 5.32 Å². The summed E-state index contributed by atoms with van der Waals surface area (Å²) in [6, 6.07) is 5.65. The van der Waals surface area contributed by atoms with E-state index in [-0.39, 0.29) is 56.9 Å². The zero-order valence-corrected chi connectivity index (χ0v) is 19.0. The van der Waals surface area contributed by atoms with Gasteiger partial charge in [0.2, 0.25) is 17.7 Å². The first-order valence-electron chi connectivity index (χ1n) is 10.1. The summed E-state index contributed by atoms with van der Waals surface area (Å²) in [4.78, 5) is 39.6. The Hall–Kier alpha value is -1.28. The lowest BCUT2D eigenvalue weighted by atomic mass is 9.81. The number of unbranched alkanes of at least 4 members (excludes halogenated alkanes) is 2. The SMILES string of the molecule is O=C(CCCCCN1C(=O)[C@@H]2[C@H]3C[C@@H]([C@H](Br)[C@@H]3Br)[C@@H]2C1=O)Nc1ccc(F)cc1. The number of hydrogen-bond acceptors (Lipinski definition) is 3. The van der Waals surface area contributed by atoms with Gasteiger partial charge in [0.05, 0.1) is 11.8 Å². The number of hydrogen-bond donors (Lipinski definition) is 1. The van der Waals surface area contributed by atoms with E-state index < -0.39 is 0 Å². The van der Waals surface area contributed by atoms with Crippen molar-refractivity contribution in [2.45, 2.75) is 41.8 Å². The van der Waals surface area contributed by atoms with E-state index in [1.165, 1.54) is 29.2 Å². The number of nitrogens with one attached hydrogen (secondary N) is 1. The van der Waals surface area contributed by atoms with Gasteiger partial charge in [-0.1, -0.05) is 38.3 Å². The van der Waals surface area contributed by atoms with Crippen LogP contribution in [0.5, 0.6) is 0 Å². The van der Waals surface area contributed by atoms with Crippen molar-refractivity contribution in [2.24, 2.45) is 23.7 Å². The summed E-state index contributed by atoms with van der Waals surface area (Å²) < 4.78 is 12.9. The van der Waals surface area contributed by atoms with Gasteiger partial charge >= 0.3 is 0 Å². The normalized spacial score (nSPS) is 32.7. The Morgan fingerprint density at radius 2 is 1.59 bits per heavy atom. The number of fused-ring (bicyclic) bond motifs is 5. The molecule has 1 heterocycles. The van der Waals surface area contributed by atoms with Crippen LogP contribution in [0.4, 0.5) is 10.1 Å². The fourth-order valence-corrected chi connectivity index (χ4v) is 6.99. The standard InChI is InChI=1S/C21H23Br2FN2O3/c22-18-13-10-14(19(18)23)17-16(13)20(28)26(21(17)29)9-3-1-2-4-15(27)25-12-7-5-11(24)6-8-12/h5-8,13-14,16-19H,1-4,9-10H2,(H,25,27)/t13-,14-,16-,17+,18-,19+/m1/s1. The van der Waals surface area contributed by atoms with Crippen LogP contribution in [0, 0.1) is 29.5 Å². The fourth-order valence-electron chi connectivity index (χ4n) is 5.12. The van der Waals surface area contributed by atoms with Crippen molar-refractivity contribution in [1.82, 2.24) is 4.90 Å². The van der Waals surface area contributed by atoms with Gasteiger partial charge < -0.3 is 5.32 Å². The maximum Gasteiger partial charge on any atom is 0.233 e. The van der Waals surface area contributed by atoms with Gasteiger partial charge in [0, 0.05) is 28.3 Å². The molecular weight excluding hydrogens is 507 g/mol. The van der Waals surface area contributed by atoms with Crippen LogP contribution in [0.15, 0.2) is 24.3 Å². The molecule has 1 saturated heterocycles. The molecule has 156 valence electrons. The molecule has 1 N–H and O–H groups in total. The fraction of sp³-hybridized carbons (Fsp3) is 0.571. The van der Waals surface area contributed by atoms with E-state index in [0.29, 0.717) is 31.5 Å². The predicted octanol–water partition coefficient (Wildman–Crippen LogP) is 4.10. The van der Waals surface area contributed by atoms with Gasteiger partial charge in [0.15, 0.2) is 0 Å². The molecule has 6 atom stereocenters. The van der Waals surface area contributed by atoms with Crippen molar-refractivity contribution in [3.63, 3.8) is 0 Å². The Morgan fingerprint density at radius 1 is 1.00 bits per heavy atom. The van der Waals surface area contributed by atoms with Gasteiger partial charge in [-0.05, 0) is 55.4 Å². The molecule has 3 fully saturated rings. The Labute approximate surface area is 186 Å². The Morgan fingerprint density at radius 3 is 2.17 bits per heavy atom. The number of imide groups is 1. The lowest BCUT2D eigenvalue weighted by Gasteiger charge is -2.28. The van der Waals surface area contributed by atoms with Crippen molar-refractivity contribution >= 4 is 55.3 Å². The topological polar surface area (TPSA) is 66.5 Å². The van der Waals surface area contributed by atoms with Crippen molar-refractivity contribution in [3.05, 3.63) is 30.1 Å². The maximum atomic E-state index is 12.9. The minimum Gasteiger partial charge on any atom is -0.326 e. The summed E-state index contributed by atoms with van der Waals surface area (Å²) in [5, 5.41) is 2.73. The summed E-state index contributed by atoms with van der Waals surface area (Å²) >= 11 is 7.39. The highest BCUT2D eigenvalue weighted by molar-refractivity contribution is 9.12. The molecule has 4 rings (SSSR count). The van der Waals surface area contributed by atoms with E-state index in [4.69, 9.17) is 0 Å². The van der Waals surface area contributed by atoms with E-state index in [1.807, 2.05) is 0 Å². The average molecular weight is 530 g/mol. The van der Waals surface area contributed by atoms with E-state index >= 15 is 0 Å². The second-order valence-electron chi connectivity index (χ2n) is 8.20. The first-order valence-corrected chi connectivity index (χ1v) is 11.9. The molecule has 8 heteroatoms. The Balaban J connectivity index is 1.20. The van der Waals surface area contributed by atoms with Crippen molar-refractivity contribution < 1.29 is 18.8 Å². The average Bonchev–Trinajstić information content (AvgIpc) is 3.29.